The molecule has 3 rings (SSSR count). The number of aryl methyl sites for hydroxylation is 1. The molecule has 24 heavy (non-hydrogen) atoms. The number of amides is 1. The molecule has 1 aromatic rings. The van der Waals surface area contributed by atoms with Gasteiger partial charge >= 0.3 is 5.97 Å². The Morgan fingerprint density at radius 3 is 2.96 bits per heavy atom. The Kier molecular flexibility index (Phi) is 5.47. The van der Waals surface area contributed by atoms with Crippen LogP contribution in [0.4, 0.5) is 0 Å². The highest BCUT2D eigenvalue weighted by Crippen LogP contribution is 2.21. The maximum atomic E-state index is 12.7. The molecule has 2 N–H and O–H groups in total. The number of carboxylic acid groups (broad SMARTS) is 1. The highest BCUT2D eigenvalue weighted by Gasteiger charge is 2.35. The Hall–Kier alpha value is -1.93. The molecule has 1 amide bonds. The van der Waals surface area contributed by atoms with Crippen LogP contribution >= 0.6 is 0 Å². The second-order valence-corrected chi connectivity index (χ2v) is 6.65. The molecule has 8 heteroatoms. The number of hydrogen-bond donors (Lipinski definition) is 2. The monoisotopic (exact) mass is 336 g/mol. The number of fused-ring (bicyclic) bond motifs is 3. The van der Waals surface area contributed by atoms with E-state index in [-0.39, 0.29) is 24.4 Å². The number of carbonyl (C=O) groups is 2. The van der Waals surface area contributed by atoms with Crippen molar-refractivity contribution in [1.29, 1.82) is 0 Å². The summed E-state index contributed by atoms with van der Waals surface area (Å²) in [5.74, 6) is -0.514. The Bertz CT molecular complexity index is 562. The zero-order valence-electron chi connectivity index (χ0n) is 13.7. The molecule has 132 valence electrons. The third-order valence-electron chi connectivity index (χ3n) is 4.63. The molecular weight excluding hydrogens is 312 g/mol. The van der Waals surface area contributed by atoms with E-state index in [4.69, 9.17) is 9.84 Å². The first kappa shape index (κ1) is 16.9. The summed E-state index contributed by atoms with van der Waals surface area (Å²) in [6.45, 7) is 2.99. The van der Waals surface area contributed by atoms with Gasteiger partial charge in [0.1, 0.15) is 0 Å². The number of ether oxygens (including phenoxy) is 1. The Morgan fingerprint density at radius 2 is 2.21 bits per heavy atom. The average molecular weight is 336 g/mol. The molecule has 2 bridgehead atoms. The molecule has 0 aliphatic carbocycles. The van der Waals surface area contributed by atoms with E-state index in [0.29, 0.717) is 39.3 Å². The van der Waals surface area contributed by atoms with Gasteiger partial charge in [-0.05, 0) is 18.4 Å². The number of hydrogen-bond acceptors (Lipinski definition) is 5. The molecule has 1 aromatic heterocycles. The molecule has 3 heterocycles. The van der Waals surface area contributed by atoms with Crippen LogP contribution in [-0.2, 0) is 20.7 Å². The summed E-state index contributed by atoms with van der Waals surface area (Å²) in [7, 11) is 0. The summed E-state index contributed by atoms with van der Waals surface area (Å²) in [5, 5.41) is 15.7. The summed E-state index contributed by atoms with van der Waals surface area (Å²) >= 11 is 0. The second kappa shape index (κ2) is 7.76. The number of rotatable bonds is 6. The summed E-state index contributed by atoms with van der Waals surface area (Å²) in [6, 6.07) is -0.0572. The van der Waals surface area contributed by atoms with Gasteiger partial charge in [-0.3, -0.25) is 19.6 Å². The van der Waals surface area contributed by atoms with Crippen molar-refractivity contribution in [2.45, 2.75) is 25.3 Å². The highest BCUT2D eigenvalue weighted by molar-refractivity contribution is 5.76. The second-order valence-electron chi connectivity index (χ2n) is 6.65. The zero-order valence-corrected chi connectivity index (χ0v) is 13.7. The van der Waals surface area contributed by atoms with Gasteiger partial charge in [0.25, 0.3) is 0 Å². The Balaban J connectivity index is 1.57. The van der Waals surface area contributed by atoms with E-state index in [2.05, 4.69) is 10.2 Å². The number of H-pyrrole nitrogens is 1. The summed E-state index contributed by atoms with van der Waals surface area (Å²) in [6.07, 6.45) is 5.73. The normalized spacial score (nSPS) is 24.6. The van der Waals surface area contributed by atoms with E-state index in [1.54, 1.807) is 6.20 Å². The van der Waals surface area contributed by atoms with Crippen LogP contribution in [0.3, 0.4) is 0 Å². The van der Waals surface area contributed by atoms with Crippen molar-refractivity contribution >= 4 is 11.9 Å². The topological polar surface area (TPSA) is 98.8 Å². The molecule has 0 aromatic carbocycles. The molecule has 2 atom stereocenters. The molecule has 0 unspecified atom stereocenters. The van der Waals surface area contributed by atoms with Crippen LogP contribution in [0.25, 0.3) is 0 Å². The molecule has 0 saturated carbocycles. The van der Waals surface area contributed by atoms with Crippen molar-refractivity contribution in [3.8, 4) is 0 Å². The van der Waals surface area contributed by atoms with E-state index in [0.717, 1.165) is 18.4 Å². The van der Waals surface area contributed by atoms with Crippen molar-refractivity contribution in [2.24, 2.45) is 5.92 Å². The lowest BCUT2D eigenvalue weighted by Gasteiger charge is -2.30. The summed E-state index contributed by atoms with van der Waals surface area (Å²) in [5.41, 5.74) is 1.10. The van der Waals surface area contributed by atoms with Crippen LogP contribution in [0, 0.1) is 5.92 Å². The third kappa shape index (κ3) is 4.33. The first-order valence-electron chi connectivity index (χ1n) is 8.41. The highest BCUT2D eigenvalue weighted by atomic mass is 16.5. The fourth-order valence-corrected chi connectivity index (χ4v) is 3.57. The SMILES string of the molecule is O=C(O)CN1C[C@@H]2COC[C@H](C1)N(C(=O)CCCc1cn[nH]c1)C2. The summed E-state index contributed by atoms with van der Waals surface area (Å²) < 4.78 is 5.68. The number of aromatic amines is 1. The average Bonchev–Trinajstić information content (AvgIpc) is 2.86. The van der Waals surface area contributed by atoms with E-state index >= 15 is 0 Å². The van der Waals surface area contributed by atoms with Gasteiger partial charge in [-0.2, -0.15) is 5.10 Å². The van der Waals surface area contributed by atoms with Crippen LogP contribution in [0.5, 0.6) is 0 Å². The minimum atomic E-state index is -0.825. The van der Waals surface area contributed by atoms with Gasteiger partial charge in [0.2, 0.25) is 5.91 Å². The van der Waals surface area contributed by atoms with E-state index < -0.39 is 5.97 Å². The molecule has 0 spiro atoms. The van der Waals surface area contributed by atoms with Crippen LogP contribution < -0.4 is 0 Å². The van der Waals surface area contributed by atoms with Crippen LogP contribution in [-0.4, -0.2) is 82.4 Å². The number of aromatic nitrogens is 2. The molecular formula is C16H24N4O4. The lowest BCUT2D eigenvalue weighted by molar-refractivity contribution is -0.138. The lowest BCUT2D eigenvalue weighted by atomic mass is 10.1. The number of aliphatic carboxylic acids is 1. The predicted octanol–water partition coefficient (Wildman–Crippen LogP) is -0.0238. The Labute approximate surface area is 140 Å². The lowest BCUT2D eigenvalue weighted by Crippen LogP contribution is -2.47. The molecule has 2 aliphatic heterocycles. The fourth-order valence-electron chi connectivity index (χ4n) is 3.57. The van der Waals surface area contributed by atoms with Gasteiger partial charge in [0, 0.05) is 38.2 Å². The van der Waals surface area contributed by atoms with Gasteiger partial charge in [-0.1, -0.05) is 0 Å². The number of nitrogens with zero attached hydrogens (tertiary/aromatic N) is 3. The van der Waals surface area contributed by atoms with Gasteiger partial charge in [-0.25, -0.2) is 0 Å². The molecule has 2 fully saturated rings. The first-order valence-corrected chi connectivity index (χ1v) is 8.41. The van der Waals surface area contributed by atoms with E-state index in [1.165, 1.54) is 0 Å². The standard InChI is InChI=1S/C16H24N4O4/c21-15(3-1-2-12-4-17-18-5-12)20-7-13-6-19(9-16(22)23)8-14(20)11-24-10-13/h4-5,13-14H,1-3,6-11H2,(H,17,18)(H,22,23)/t13-,14-/m0/s1. The number of carbonyl (C=O) groups excluding carboxylic acids is 1. The molecule has 2 aliphatic rings. The molecule has 0 radical (unpaired) electrons. The first-order chi connectivity index (χ1) is 11.6. The van der Waals surface area contributed by atoms with Crippen LogP contribution in [0.1, 0.15) is 18.4 Å². The van der Waals surface area contributed by atoms with Crippen LogP contribution in [0.2, 0.25) is 0 Å². The quantitative estimate of drug-likeness (QED) is 0.757. The van der Waals surface area contributed by atoms with Gasteiger partial charge in [0.15, 0.2) is 0 Å². The number of nitrogens with one attached hydrogen (secondary N) is 1. The Morgan fingerprint density at radius 1 is 1.33 bits per heavy atom. The fraction of sp³-hybridized carbons (Fsp3) is 0.688. The number of carboxylic acids is 1. The van der Waals surface area contributed by atoms with Crippen molar-refractivity contribution in [3.63, 3.8) is 0 Å². The minimum absolute atomic E-state index is 0.0233. The van der Waals surface area contributed by atoms with Crippen molar-refractivity contribution < 1.29 is 19.4 Å². The maximum Gasteiger partial charge on any atom is 0.317 e. The van der Waals surface area contributed by atoms with Gasteiger partial charge < -0.3 is 14.7 Å². The smallest absolute Gasteiger partial charge is 0.317 e. The minimum Gasteiger partial charge on any atom is -0.480 e. The van der Waals surface area contributed by atoms with Crippen molar-refractivity contribution in [1.82, 2.24) is 20.0 Å². The van der Waals surface area contributed by atoms with Crippen molar-refractivity contribution in [3.05, 3.63) is 18.0 Å². The largest absolute Gasteiger partial charge is 0.480 e. The summed E-state index contributed by atoms with van der Waals surface area (Å²) in [4.78, 5) is 27.5. The van der Waals surface area contributed by atoms with Crippen LogP contribution in [0.15, 0.2) is 12.4 Å². The van der Waals surface area contributed by atoms with Crippen molar-refractivity contribution in [2.75, 3.05) is 39.4 Å². The van der Waals surface area contributed by atoms with E-state index in [9.17, 15) is 9.59 Å². The predicted molar refractivity (Wildman–Crippen MR) is 85.4 cm³/mol. The molecule has 2 saturated heterocycles. The molecule has 8 nitrogen and oxygen atoms in total. The van der Waals surface area contributed by atoms with Gasteiger partial charge in [-0.15, -0.1) is 0 Å². The zero-order chi connectivity index (χ0) is 16.9. The third-order valence-corrected chi connectivity index (χ3v) is 4.63. The maximum absolute atomic E-state index is 12.7. The van der Waals surface area contributed by atoms with Gasteiger partial charge in [0.05, 0.1) is 32.0 Å². The van der Waals surface area contributed by atoms with E-state index in [1.807, 2.05) is 16.0 Å².